The summed E-state index contributed by atoms with van der Waals surface area (Å²) < 4.78 is 18.2. The van der Waals surface area contributed by atoms with E-state index in [1.807, 2.05) is 30.3 Å². The van der Waals surface area contributed by atoms with Gasteiger partial charge in [0.25, 0.3) is 5.91 Å². The SMILES string of the molecule is O=C(COc1ccc(F)cc1Cl)Nc1nnc(Cc2ccccc2)s1. The molecule has 3 rings (SSSR count). The first kappa shape index (κ1) is 17.3. The standard InChI is InChI=1S/C17H13ClFN3O2S/c18-13-9-12(19)6-7-14(13)24-10-15(23)20-17-22-21-16(25-17)8-11-4-2-1-3-5-11/h1-7,9H,8,10H2,(H,20,22,23). The summed E-state index contributed by atoms with van der Waals surface area (Å²) in [4.78, 5) is 11.9. The third-order valence-corrected chi connectivity index (χ3v) is 4.30. The van der Waals surface area contributed by atoms with E-state index in [4.69, 9.17) is 16.3 Å². The van der Waals surface area contributed by atoms with Crippen molar-refractivity contribution in [2.75, 3.05) is 11.9 Å². The Kier molecular flexibility index (Phi) is 5.57. The number of anilines is 1. The maximum absolute atomic E-state index is 13.0. The second-order valence-corrected chi connectivity index (χ2v) is 6.54. The summed E-state index contributed by atoms with van der Waals surface area (Å²) >= 11 is 7.13. The van der Waals surface area contributed by atoms with E-state index in [-0.39, 0.29) is 17.4 Å². The molecule has 0 radical (unpaired) electrons. The number of carbonyl (C=O) groups is 1. The van der Waals surface area contributed by atoms with Crippen molar-refractivity contribution < 1.29 is 13.9 Å². The molecule has 0 aliphatic heterocycles. The number of nitrogens with one attached hydrogen (secondary N) is 1. The summed E-state index contributed by atoms with van der Waals surface area (Å²) in [6, 6.07) is 13.6. The number of halogens is 2. The Bertz CT molecular complexity index is 873. The Morgan fingerprint density at radius 2 is 2.00 bits per heavy atom. The highest BCUT2D eigenvalue weighted by atomic mass is 35.5. The van der Waals surface area contributed by atoms with Crippen LogP contribution < -0.4 is 10.1 Å². The Balaban J connectivity index is 1.53. The molecule has 0 spiro atoms. The summed E-state index contributed by atoms with van der Waals surface area (Å²) in [7, 11) is 0. The van der Waals surface area contributed by atoms with E-state index in [9.17, 15) is 9.18 Å². The van der Waals surface area contributed by atoms with E-state index in [2.05, 4.69) is 15.5 Å². The van der Waals surface area contributed by atoms with Gasteiger partial charge in [-0.2, -0.15) is 0 Å². The van der Waals surface area contributed by atoms with Gasteiger partial charge in [0, 0.05) is 6.42 Å². The summed E-state index contributed by atoms with van der Waals surface area (Å²) in [6.45, 7) is -0.265. The largest absolute Gasteiger partial charge is 0.482 e. The molecule has 2 aromatic carbocycles. The second-order valence-electron chi connectivity index (χ2n) is 5.07. The minimum Gasteiger partial charge on any atom is -0.482 e. The van der Waals surface area contributed by atoms with Gasteiger partial charge in [-0.05, 0) is 23.8 Å². The summed E-state index contributed by atoms with van der Waals surface area (Å²) in [6.07, 6.45) is 0.649. The van der Waals surface area contributed by atoms with Gasteiger partial charge in [-0.3, -0.25) is 10.1 Å². The van der Waals surface area contributed by atoms with Gasteiger partial charge in [0.05, 0.1) is 5.02 Å². The molecule has 25 heavy (non-hydrogen) atoms. The minimum absolute atomic E-state index is 0.105. The number of hydrogen-bond donors (Lipinski definition) is 1. The van der Waals surface area contributed by atoms with Crippen molar-refractivity contribution in [2.45, 2.75) is 6.42 Å². The molecule has 5 nitrogen and oxygen atoms in total. The van der Waals surface area contributed by atoms with Crippen molar-refractivity contribution in [1.29, 1.82) is 0 Å². The van der Waals surface area contributed by atoms with Gasteiger partial charge in [0.15, 0.2) is 6.61 Å². The van der Waals surface area contributed by atoms with Crippen molar-refractivity contribution in [3.8, 4) is 5.75 Å². The number of ether oxygens (including phenoxy) is 1. The molecule has 1 aromatic heterocycles. The van der Waals surface area contributed by atoms with E-state index in [0.29, 0.717) is 11.6 Å². The number of nitrogens with zero attached hydrogens (tertiary/aromatic N) is 2. The van der Waals surface area contributed by atoms with E-state index >= 15 is 0 Å². The Labute approximate surface area is 152 Å². The van der Waals surface area contributed by atoms with Gasteiger partial charge in [0.2, 0.25) is 5.13 Å². The van der Waals surface area contributed by atoms with Crippen LogP contribution in [0.5, 0.6) is 5.75 Å². The number of hydrogen-bond acceptors (Lipinski definition) is 5. The highest BCUT2D eigenvalue weighted by Crippen LogP contribution is 2.25. The molecule has 1 amide bonds. The lowest BCUT2D eigenvalue weighted by Gasteiger charge is -2.07. The lowest BCUT2D eigenvalue weighted by Crippen LogP contribution is -2.20. The van der Waals surface area contributed by atoms with Crippen LogP contribution in [-0.4, -0.2) is 22.7 Å². The fraction of sp³-hybridized carbons (Fsp3) is 0.118. The van der Waals surface area contributed by atoms with Crippen molar-refractivity contribution in [3.63, 3.8) is 0 Å². The van der Waals surface area contributed by atoms with Crippen molar-refractivity contribution in [1.82, 2.24) is 10.2 Å². The first-order valence-electron chi connectivity index (χ1n) is 7.34. The van der Waals surface area contributed by atoms with Gasteiger partial charge in [-0.1, -0.05) is 53.3 Å². The van der Waals surface area contributed by atoms with Crippen LogP contribution >= 0.6 is 22.9 Å². The quantitative estimate of drug-likeness (QED) is 0.706. The summed E-state index contributed by atoms with van der Waals surface area (Å²) in [5.41, 5.74) is 1.12. The molecule has 0 saturated carbocycles. The number of amides is 1. The molecule has 0 atom stereocenters. The zero-order valence-electron chi connectivity index (χ0n) is 12.9. The lowest BCUT2D eigenvalue weighted by atomic mass is 10.2. The Hall–Kier alpha value is -2.51. The predicted octanol–water partition coefficient (Wildman–Crippen LogP) is 3.94. The lowest BCUT2D eigenvalue weighted by molar-refractivity contribution is -0.118. The monoisotopic (exact) mass is 377 g/mol. The van der Waals surface area contributed by atoms with Crippen LogP contribution in [0.15, 0.2) is 48.5 Å². The normalized spacial score (nSPS) is 10.5. The van der Waals surface area contributed by atoms with Gasteiger partial charge in [0.1, 0.15) is 16.6 Å². The molecular formula is C17H13ClFN3O2S. The Morgan fingerprint density at radius 1 is 1.20 bits per heavy atom. The molecule has 0 aliphatic rings. The van der Waals surface area contributed by atoms with E-state index < -0.39 is 11.7 Å². The maximum atomic E-state index is 13.0. The molecule has 3 aromatic rings. The van der Waals surface area contributed by atoms with Gasteiger partial charge < -0.3 is 4.74 Å². The van der Waals surface area contributed by atoms with Gasteiger partial charge in [-0.25, -0.2) is 4.39 Å². The Morgan fingerprint density at radius 3 is 2.76 bits per heavy atom. The van der Waals surface area contributed by atoms with Gasteiger partial charge in [-0.15, -0.1) is 10.2 Å². The zero-order chi connectivity index (χ0) is 17.6. The number of carbonyl (C=O) groups excluding carboxylic acids is 1. The topological polar surface area (TPSA) is 64.1 Å². The van der Waals surface area contributed by atoms with Crippen LogP contribution in [0.3, 0.4) is 0 Å². The maximum Gasteiger partial charge on any atom is 0.264 e. The van der Waals surface area contributed by atoms with Crippen molar-refractivity contribution in [3.05, 3.63) is 69.9 Å². The average Bonchev–Trinajstić information content (AvgIpc) is 3.02. The molecule has 0 fully saturated rings. The van der Waals surface area contributed by atoms with Crippen LogP contribution in [0.4, 0.5) is 9.52 Å². The third-order valence-electron chi connectivity index (χ3n) is 3.16. The first-order valence-corrected chi connectivity index (χ1v) is 8.53. The second kappa shape index (κ2) is 8.04. The molecule has 0 bridgehead atoms. The molecule has 8 heteroatoms. The van der Waals surface area contributed by atoms with Crippen molar-refractivity contribution in [2.24, 2.45) is 0 Å². The van der Waals surface area contributed by atoms with E-state index in [0.717, 1.165) is 16.6 Å². The summed E-state index contributed by atoms with van der Waals surface area (Å²) in [5, 5.41) is 11.9. The van der Waals surface area contributed by atoms with Gasteiger partial charge >= 0.3 is 0 Å². The number of benzene rings is 2. The highest BCUT2D eigenvalue weighted by Gasteiger charge is 2.11. The zero-order valence-corrected chi connectivity index (χ0v) is 14.5. The molecule has 0 aliphatic carbocycles. The molecule has 0 saturated heterocycles. The van der Waals surface area contributed by atoms with E-state index in [1.54, 1.807) is 0 Å². The van der Waals surface area contributed by atoms with Crippen LogP contribution in [0, 0.1) is 5.82 Å². The molecule has 1 heterocycles. The minimum atomic E-state index is -0.471. The molecule has 0 unspecified atom stereocenters. The molecule has 1 N–H and O–H groups in total. The average molecular weight is 378 g/mol. The third kappa shape index (κ3) is 4.98. The fourth-order valence-electron chi connectivity index (χ4n) is 2.04. The summed E-state index contributed by atoms with van der Waals surface area (Å²) in [5.74, 6) is -0.635. The number of rotatable bonds is 6. The van der Waals surface area contributed by atoms with Crippen molar-refractivity contribution >= 4 is 34.0 Å². The van der Waals surface area contributed by atoms with Crippen LogP contribution in [0.1, 0.15) is 10.6 Å². The van der Waals surface area contributed by atoms with Crippen LogP contribution in [0.25, 0.3) is 0 Å². The molecule has 128 valence electrons. The fourth-order valence-corrected chi connectivity index (χ4v) is 3.05. The molecular weight excluding hydrogens is 365 g/mol. The highest BCUT2D eigenvalue weighted by molar-refractivity contribution is 7.15. The first-order chi connectivity index (χ1) is 12.1. The predicted molar refractivity (Wildman–Crippen MR) is 94.7 cm³/mol. The number of aromatic nitrogens is 2. The van der Waals surface area contributed by atoms with Crippen LogP contribution in [0.2, 0.25) is 5.02 Å². The van der Waals surface area contributed by atoms with Crippen LogP contribution in [-0.2, 0) is 11.2 Å². The smallest absolute Gasteiger partial charge is 0.264 e. The van der Waals surface area contributed by atoms with E-state index in [1.165, 1.54) is 23.5 Å².